The molecular formula is C19H22ClNO2. The maximum atomic E-state index is 13.0. The summed E-state index contributed by atoms with van der Waals surface area (Å²) in [7, 11) is 0. The van der Waals surface area contributed by atoms with Crippen molar-refractivity contribution < 1.29 is 9.21 Å². The van der Waals surface area contributed by atoms with Gasteiger partial charge in [0.15, 0.2) is 0 Å². The summed E-state index contributed by atoms with van der Waals surface area (Å²) in [4.78, 5) is 13.0. The predicted molar refractivity (Wildman–Crippen MR) is 91.6 cm³/mol. The van der Waals surface area contributed by atoms with Gasteiger partial charge in [-0.1, -0.05) is 36.6 Å². The minimum atomic E-state index is -0.415. The van der Waals surface area contributed by atoms with Gasteiger partial charge in [0, 0.05) is 17.5 Å². The van der Waals surface area contributed by atoms with E-state index in [9.17, 15) is 4.79 Å². The third-order valence-corrected chi connectivity index (χ3v) is 5.01. The Morgan fingerprint density at radius 3 is 2.57 bits per heavy atom. The molecule has 0 radical (unpaired) electrons. The zero-order valence-electron chi connectivity index (χ0n) is 13.3. The smallest absolute Gasteiger partial charge is 0.230 e. The van der Waals surface area contributed by atoms with E-state index in [2.05, 4.69) is 5.32 Å². The van der Waals surface area contributed by atoms with Crippen molar-refractivity contribution in [2.45, 2.75) is 50.5 Å². The van der Waals surface area contributed by atoms with Gasteiger partial charge in [-0.05, 0) is 49.6 Å². The zero-order chi connectivity index (χ0) is 16.3. The van der Waals surface area contributed by atoms with Gasteiger partial charge in [-0.15, -0.1) is 0 Å². The lowest BCUT2D eigenvalue weighted by Crippen LogP contribution is -2.46. The first kappa shape index (κ1) is 16.1. The van der Waals surface area contributed by atoms with E-state index in [-0.39, 0.29) is 11.9 Å². The average molecular weight is 332 g/mol. The Morgan fingerprint density at radius 1 is 1.26 bits per heavy atom. The zero-order valence-corrected chi connectivity index (χ0v) is 14.1. The number of halogens is 1. The van der Waals surface area contributed by atoms with E-state index < -0.39 is 5.41 Å². The first-order chi connectivity index (χ1) is 11.1. The highest BCUT2D eigenvalue weighted by Crippen LogP contribution is 2.41. The Kier molecular flexibility index (Phi) is 4.76. The predicted octanol–water partition coefficient (Wildman–Crippen LogP) is 4.49. The van der Waals surface area contributed by atoms with Gasteiger partial charge in [-0.2, -0.15) is 0 Å². The number of furan rings is 1. The van der Waals surface area contributed by atoms with Gasteiger partial charge in [0.1, 0.15) is 5.76 Å². The molecule has 3 nitrogen and oxygen atoms in total. The van der Waals surface area contributed by atoms with Crippen LogP contribution in [0.1, 0.15) is 43.9 Å². The molecule has 1 fully saturated rings. The van der Waals surface area contributed by atoms with Crippen molar-refractivity contribution in [2.75, 3.05) is 0 Å². The molecule has 0 aliphatic heterocycles. The molecule has 1 aromatic carbocycles. The molecule has 2 aromatic rings. The molecule has 1 aliphatic carbocycles. The molecule has 1 heterocycles. The van der Waals surface area contributed by atoms with Crippen molar-refractivity contribution in [3.63, 3.8) is 0 Å². The molecule has 122 valence electrons. The van der Waals surface area contributed by atoms with Crippen LogP contribution in [0.5, 0.6) is 0 Å². The fourth-order valence-electron chi connectivity index (χ4n) is 3.54. The number of carbonyl (C=O) groups excluding carboxylic acids is 1. The van der Waals surface area contributed by atoms with E-state index in [4.69, 9.17) is 16.0 Å². The first-order valence-corrected chi connectivity index (χ1v) is 8.57. The van der Waals surface area contributed by atoms with Gasteiger partial charge in [0.2, 0.25) is 5.91 Å². The Balaban J connectivity index is 1.75. The second-order valence-electron chi connectivity index (χ2n) is 6.45. The van der Waals surface area contributed by atoms with Crippen LogP contribution < -0.4 is 5.32 Å². The molecular weight excluding hydrogens is 310 g/mol. The number of hydrogen-bond acceptors (Lipinski definition) is 2. The molecule has 23 heavy (non-hydrogen) atoms. The number of nitrogens with one attached hydrogen (secondary N) is 1. The summed E-state index contributed by atoms with van der Waals surface area (Å²) in [5.74, 6) is 1.01. The van der Waals surface area contributed by atoms with Crippen molar-refractivity contribution in [3.8, 4) is 0 Å². The molecule has 1 amide bonds. The average Bonchev–Trinajstić information content (AvgIpc) is 3.19. The summed E-state index contributed by atoms with van der Waals surface area (Å²) in [6, 6.07) is 11.6. The Bertz CT molecular complexity index is 643. The highest BCUT2D eigenvalue weighted by Gasteiger charge is 2.42. The molecule has 0 spiro atoms. The number of rotatable bonds is 5. The minimum Gasteiger partial charge on any atom is -0.469 e. The van der Waals surface area contributed by atoms with Crippen LogP contribution in [0.4, 0.5) is 0 Å². The van der Waals surface area contributed by atoms with Crippen molar-refractivity contribution in [2.24, 2.45) is 0 Å². The lowest BCUT2D eigenvalue weighted by atomic mass is 9.78. The van der Waals surface area contributed by atoms with Crippen molar-refractivity contribution in [1.29, 1.82) is 0 Å². The van der Waals surface area contributed by atoms with Crippen LogP contribution in [0, 0.1) is 0 Å². The van der Waals surface area contributed by atoms with E-state index in [0.29, 0.717) is 11.4 Å². The summed E-state index contributed by atoms with van der Waals surface area (Å²) < 4.78 is 5.37. The van der Waals surface area contributed by atoms with Crippen LogP contribution in [0.2, 0.25) is 5.02 Å². The third kappa shape index (κ3) is 3.45. The monoisotopic (exact) mass is 331 g/mol. The van der Waals surface area contributed by atoms with Gasteiger partial charge in [0.25, 0.3) is 0 Å². The topological polar surface area (TPSA) is 42.2 Å². The maximum Gasteiger partial charge on any atom is 0.230 e. The Morgan fingerprint density at radius 2 is 1.96 bits per heavy atom. The highest BCUT2D eigenvalue weighted by atomic mass is 35.5. The van der Waals surface area contributed by atoms with Crippen molar-refractivity contribution >= 4 is 17.5 Å². The molecule has 1 aliphatic rings. The number of carbonyl (C=O) groups is 1. The fourth-order valence-corrected chi connectivity index (χ4v) is 3.66. The SMILES string of the molecule is CC(Cc1ccco1)NC(=O)C1(c2ccc(Cl)cc2)CCCC1. The largest absolute Gasteiger partial charge is 0.469 e. The molecule has 4 heteroatoms. The lowest BCUT2D eigenvalue weighted by molar-refractivity contribution is -0.127. The summed E-state index contributed by atoms with van der Waals surface area (Å²) in [6.07, 6.45) is 6.33. The highest BCUT2D eigenvalue weighted by molar-refractivity contribution is 6.30. The molecule has 1 atom stereocenters. The van der Waals surface area contributed by atoms with Gasteiger partial charge in [-0.25, -0.2) is 0 Å². The van der Waals surface area contributed by atoms with E-state index >= 15 is 0 Å². The van der Waals surface area contributed by atoms with E-state index in [0.717, 1.165) is 37.0 Å². The third-order valence-electron chi connectivity index (χ3n) is 4.75. The van der Waals surface area contributed by atoms with Crippen LogP contribution in [-0.2, 0) is 16.6 Å². The summed E-state index contributed by atoms with van der Waals surface area (Å²) >= 11 is 6.00. The number of amides is 1. The molecule has 0 saturated heterocycles. The van der Waals surface area contributed by atoms with Gasteiger partial charge in [-0.3, -0.25) is 4.79 Å². The number of hydrogen-bond donors (Lipinski definition) is 1. The normalized spacial score (nSPS) is 17.8. The van der Waals surface area contributed by atoms with E-state index in [1.807, 2.05) is 43.3 Å². The molecule has 1 N–H and O–H groups in total. The van der Waals surface area contributed by atoms with Crippen LogP contribution in [-0.4, -0.2) is 11.9 Å². The first-order valence-electron chi connectivity index (χ1n) is 8.19. The van der Waals surface area contributed by atoms with Crippen LogP contribution in [0.3, 0.4) is 0 Å². The van der Waals surface area contributed by atoms with Gasteiger partial charge >= 0.3 is 0 Å². The van der Waals surface area contributed by atoms with Crippen LogP contribution in [0.25, 0.3) is 0 Å². The van der Waals surface area contributed by atoms with Gasteiger partial charge in [0.05, 0.1) is 11.7 Å². The lowest BCUT2D eigenvalue weighted by Gasteiger charge is -2.30. The maximum absolute atomic E-state index is 13.0. The second kappa shape index (κ2) is 6.79. The second-order valence-corrected chi connectivity index (χ2v) is 6.89. The van der Waals surface area contributed by atoms with Gasteiger partial charge < -0.3 is 9.73 Å². The van der Waals surface area contributed by atoms with Crippen LogP contribution in [0.15, 0.2) is 47.1 Å². The standard InChI is InChI=1S/C19H22ClNO2/c1-14(13-17-5-4-12-23-17)21-18(22)19(10-2-3-11-19)15-6-8-16(20)9-7-15/h4-9,12,14H,2-3,10-11,13H2,1H3,(H,21,22). The Labute approximate surface area is 142 Å². The molecule has 1 saturated carbocycles. The summed E-state index contributed by atoms with van der Waals surface area (Å²) in [5.41, 5.74) is 0.657. The van der Waals surface area contributed by atoms with Crippen LogP contribution >= 0.6 is 11.6 Å². The number of benzene rings is 1. The quantitative estimate of drug-likeness (QED) is 0.877. The van der Waals surface area contributed by atoms with Crippen molar-refractivity contribution in [3.05, 3.63) is 59.0 Å². The molecule has 3 rings (SSSR count). The van der Waals surface area contributed by atoms with E-state index in [1.54, 1.807) is 6.26 Å². The fraction of sp³-hybridized carbons (Fsp3) is 0.421. The summed E-state index contributed by atoms with van der Waals surface area (Å²) in [6.45, 7) is 2.02. The Hall–Kier alpha value is -1.74. The summed E-state index contributed by atoms with van der Waals surface area (Å²) in [5, 5.41) is 3.88. The van der Waals surface area contributed by atoms with E-state index in [1.165, 1.54) is 0 Å². The molecule has 1 aromatic heterocycles. The molecule has 1 unspecified atom stereocenters. The van der Waals surface area contributed by atoms with Crippen molar-refractivity contribution in [1.82, 2.24) is 5.32 Å². The minimum absolute atomic E-state index is 0.0402. The molecule has 0 bridgehead atoms.